The summed E-state index contributed by atoms with van der Waals surface area (Å²) in [6.45, 7) is 0. The van der Waals surface area contributed by atoms with Gasteiger partial charge in [0.15, 0.2) is 0 Å². The van der Waals surface area contributed by atoms with Crippen LogP contribution in [0.4, 0.5) is 11.4 Å². The van der Waals surface area contributed by atoms with Crippen molar-refractivity contribution in [1.29, 1.82) is 0 Å². The van der Waals surface area contributed by atoms with Crippen LogP contribution in [-0.4, -0.2) is 19.1 Å². The minimum absolute atomic E-state index is 0.0554. The van der Waals surface area contributed by atoms with Crippen molar-refractivity contribution in [2.24, 2.45) is 0 Å². The average molecular weight is 347 g/mol. The fourth-order valence-corrected chi connectivity index (χ4v) is 2.75. The molecule has 0 spiro atoms. The number of para-hydroxylation sites is 1. The Kier molecular flexibility index (Phi) is 3.84. The second-order valence-electron chi connectivity index (χ2n) is 4.89. The van der Waals surface area contributed by atoms with Crippen molar-refractivity contribution in [3.8, 4) is 5.75 Å². The van der Waals surface area contributed by atoms with Crippen molar-refractivity contribution in [3.63, 3.8) is 0 Å². The van der Waals surface area contributed by atoms with Gasteiger partial charge in [-0.05, 0) is 39.7 Å². The van der Waals surface area contributed by atoms with E-state index in [1.807, 2.05) is 36.4 Å². The van der Waals surface area contributed by atoms with Crippen LogP contribution in [0.2, 0.25) is 0 Å². The summed E-state index contributed by atoms with van der Waals surface area (Å²) in [5.74, 6) is 0.649. The van der Waals surface area contributed by atoms with Crippen LogP contribution in [0.15, 0.2) is 46.9 Å². The molecule has 0 bridgehead atoms. The number of halogens is 1. The number of anilines is 2. The summed E-state index contributed by atoms with van der Waals surface area (Å²) in [4.78, 5) is 12.4. The van der Waals surface area contributed by atoms with Crippen molar-refractivity contribution in [3.05, 3.63) is 52.5 Å². The van der Waals surface area contributed by atoms with E-state index in [2.05, 4.69) is 26.6 Å². The Hall–Kier alpha value is -2.01. The van der Waals surface area contributed by atoms with Crippen molar-refractivity contribution in [2.75, 3.05) is 17.7 Å². The highest BCUT2D eigenvalue weighted by Crippen LogP contribution is 2.29. The van der Waals surface area contributed by atoms with Crippen molar-refractivity contribution < 1.29 is 9.53 Å². The van der Waals surface area contributed by atoms with Crippen molar-refractivity contribution in [1.82, 2.24) is 0 Å². The van der Waals surface area contributed by atoms with Gasteiger partial charge in [-0.25, -0.2) is 0 Å². The lowest BCUT2D eigenvalue weighted by molar-refractivity contribution is -0.116. The molecule has 1 aliphatic rings. The van der Waals surface area contributed by atoms with Crippen molar-refractivity contribution in [2.45, 2.75) is 12.5 Å². The van der Waals surface area contributed by atoms with Gasteiger partial charge in [0.2, 0.25) is 5.91 Å². The smallest absolute Gasteiger partial charge is 0.247 e. The van der Waals surface area contributed by atoms with Gasteiger partial charge in [0, 0.05) is 22.6 Å². The average Bonchev–Trinajstić information content (AvgIpc) is 2.93. The van der Waals surface area contributed by atoms with E-state index < -0.39 is 0 Å². The summed E-state index contributed by atoms with van der Waals surface area (Å²) in [7, 11) is 1.60. The van der Waals surface area contributed by atoms with E-state index in [-0.39, 0.29) is 11.9 Å². The predicted octanol–water partition coefficient (Wildman–Crippen LogP) is 3.43. The van der Waals surface area contributed by atoms with E-state index in [9.17, 15) is 4.79 Å². The number of rotatable bonds is 3. The first-order valence-corrected chi connectivity index (χ1v) is 7.45. The Morgan fingerprint density at radius 1 is 1.33 bits per heavy atom. The lowest BCUT2D eigenvalue weighted by atomic mass is 10.1. The number of fused-ring (bicyclic) bond motifs is 1. The number of amides is 1. The zero-order chi connectivity index (χ0) is 14.8. The van der Waals surface area contributed by atoms with E-state index in [1.54, 1.807) is 13.2 Å². The quantitative estimate of drug-likeness (QED) is 0.894. The second-order valence-corrected chi connectivity index (χ2v) is 5.75. The Morgan fingerprint density at radius 2 is 2.14 bits per heavy atom. The first kappa shape index (κ1) is 13.9. The Labute approximate surface area is 131 Å². The third kappa shape index (κ3) is 2.88. The minimum atomic E-state index is -0.250. The fraction of sp³-hybridized carbons (Fsp3) is 0.188. The van der Waals surface area contributed by atoms with E-state index >= 15 is 0 Å². The lowest BCUT2D eigenvalue weighted by Crippen LogP contribution is -2.32. The predicted molar refractivity (Wildman–Crippen MR) is 86.9 cm³/mol. The van der Waals surface area contributed by atoms with E-state index in [1.165, 1.54) is 5.56 Å². The molecule has 2 aromatic carbocycles. The van der Waals surface area contributed by atoms with Gasteiger partial charge < -0.3 is 15.4 Å². The SMILES string of the molecule is COc1ccc(Br)c(NC(=O)[C@@H]2Cc3ccccc3N2)c1. The normalized spacial score (nSPS) is 16.0. The molecule has 1 amide bonds. The number of carbonyl (C=O) groups is 1. The molecule has 3 rings (SSSR count). The third-order valence-electron chi connectivity index (χ3n) is 3.52. The van der Waals surface area contributed by atoms with Crippen LogP contribution in [0.3, 0.4) is 0 Å². The molecule has 0 aliphatic carbocycles. The number of methoxy groups -OCH3 is 1. The molecule has 4 nitrogen and oxygen atoms in total. The first-order chi connectivity index (χ1) is 10.2. The maximum absolute atomic E-state index is 12.4. The summed E-state index contributed by atoms with van der Waals surface area (Å²) >= 11 is 3.43. The van der Waals surface area contributed by atoms with E-state index in [4.69, 9.17) is 4.74 Å². The molecule has 5 heteroatoms. The summed E-state index contributed by atoms with van der Waals surface area (Å²) in [5.41, 5.74) is 2.90. The van der Waals surface area contributed by atoms with Gasteiger partial charge in [-0.15, -0.1) is 0 Å². The Balaban J connectivity index is 1.74. The Bertz CT molecular complexity index is 663. The maximum Gasteiger partial charge on any atom is 0.247 e. The molecule has 1 heterocycles. The highest BCUT2D eigenvalue weighted by atomic mass is 79.9. The molecule has 0 saturated carbocycles. The van der Waals surface area contributed by atoms with Gasteiger partial charge in [0.25, 0.3) is 0 Å². The molecule has 2 N–H and O–H groups in total. The van der Waals surface area contributed by atoms with Crippen molar-refractivity contribution >= 4 is 33.2 Å². The minimum Gasteiger partial charge on any atom is -0.497 e. The fourth-order valence-electron chi connectivity index (χ4n) is 2.40. The molecular weight excluding hydrogens is 332 g/mol. The van der Waals surface area contributed by atoms with Gasteiger partial charge in [-0.2, -0.15) is 0 Å². The van der Waals surface area contributed by atoms with Crippen LogP contribution >= 0.6 is 15.9 Å². The number of ether oxygens (including phenoxy) is 1. The van der Waals surface area contributed by atoms with Gasteiger partial charge in [-0.1, -0.05) is 18.2 Å². The third-order valence-corrected chi connectivity index (χ3v) is 4.21. The van der Waals surface area contributed by atoms with Crippen LogP contribution in [-0.2, 0) is 11.2 Å². The van der Waals surface area contributed by atoms with Crippen LogP contribution in [0.5, 0.6) is 5.75 Å². The molecule has 1 aliphatic heterocycles. The molecule has 1 atom stereocenters. The number of nitrogens with one attached hydrogen (secondary N) is 2. The van der Waals surface area contributed by atoms with Gasteiger partial charge in [0.1, 0.15) is 11.8 Å². The number of hydrogen-bond acceptors (Lipinski definition) is 3. The zero-order valence-corrected chi connectivity index (χ0v) is 13.1. The van der Waals surface area contributed by atoms with Crippen LogP contribution < -0.4 is 15.4 Å². The topological polar surface area (TPSA) is 50.4 Å². The Morgan fingerprint density at radius 3 is 2.90 bits per heavy atom. The molecule has 108 valence electrons. The number of carbonyl (C=O) groups excluding carboxylic acids is 1. The van der Waals surface area contributed by atoms with Gasteiger partial charge >= 0.3 is 0 Å². The molecule has 21 heavy (non-hydrogen) atoms. The molecule has 0 saturated heterocycles. The van der Waals surface area contributed by atoms with Gasteiger partial charge in [0.05, 0.1) is 12.8 Å². The summed E-state index contributed by atoms with van der Waals surface area (Å²) in [6.07, 6.45) is 0.698. The van der Waals surface area contributed by atoms with E-state index in [0.717, 1.165) is 10.2 Å². The molecule has 0 fully saturated rings. The largest absolute Gasteiger partial charge is 0.497 e. The van der Waals surface area contributed by atoms with Crippen LogP contribution in [0.25, 0.3) is 0 Å². The summed E-state index contributed by atoms with van der Waals surface area (Å²) in [6, 6.07) is 13.2. The highest BCUT2D eigenvalue weighted by Gasteiger charge is 2.26. The molecule has 0 aromatic heterocycles. The molecule has 0 radical (unpaired) electrons. The van der Waals surface area contributed by atoms with Crippen LogP contribution in [0.1, 0.15) is 5.56 Å². The number of benzene rings is 2. The summed E-state index contributed by atoms with van der Waals surface area (Å²) in [5, 5.41) is 6.18. The molecule has 0 unspecified atom stereocenters. The van der Waals surface area contributed by atoms with E-state index in [0.29, 0.717) is 17.9 Å². The second kappa shape index (κ2) is 5.77. The maximum atomic E-state index is 12.4. The zero-order valence-electron chi connectivity index (χ0n) is 11.5. The molecule has 2 aromatic rings. The standard InChI is InChI=1S/C16H15BrN2O2/c1-21-11-6-7-12(17)14(9-11)19-16(20)15-8-10-4-2-3-5-13(10)18-15/h2-7,9,15,18H,8H2,1H3,(H,19,20)/t15-/m0/s1. The molecular formula is C16H15BrN2O2. The summed E-state index contributed by atoms with van der Waals surface area (Å²) < 4.78 is 6.01. The lowest BCUT2D eigenvalue weighted by Gasteiger charge is -2.14. The first-order valence-electron chi connectivity index (χ1n) is 6.66. The monoisotopic (exact) mass is 346 g/mol. The van der Waals surface area contributed by atoms with Crippen LogP contribution in [0, 0.1) is 0 Å². The van der Waals surface area contributed by atoms with Gasteiger partial charge in [-0.3, -0.25) is 4.79 Å². The highest BCUT2D eigenvalue weighted by molar-refractivity contribution is 9.10. The number of hydrogen-bond donors (Lipinski definition) is 2.